The second-order valence-corrected chi connectivity index (χ2v) is 7.97. The number of carbonyl (C=O) groups is 2. The lowest BCUT2D eigenvalue weighted by atomic mass is 10.1. The predicted molar refractivity (Wildman–Crippen MR) is 99.2 cm³/mol. The Morgan fingerprint density at radius 3 is 2.56 bits per heavy atom. The number of piperazine rings is 1. The van der Waals surface area contributed by atoms with Gasteiger partial charge in [0.2, 0.25) is 11.8 Å². The van der Waals surface area contributed by atoms with Crippen LogP contribution in [0.4, 0.5) is 10.1 Å². The molecule has 2 aliphatic heterocycles. The number of ether oxygens (including phenoxy) is 1. The number of likely N-dealkylation sites (tertiary alicyclic amines) is 1. The van der Waals surface area contributed by atoms with Crippen LogP contribution < -0.4 is 9.64 Å². The zero-order valence-electron chi connectivity index (χ0n) is 15.9. The number of nitrogens with zero attached hydrogens (tertiary/aromatic N) is 3. The summed E-state index contributed by atoms with van der Waals surface area (Å²) in [5, 5.41) is 0. The SMILES string of the molecule is COc1ccc(F)cc1N1CCN(CCCN2C(=O)C3CC3(C)C2=O)CC1. The minimum Gasteiger partial charge on any atom is -0.495 e. The molecule has 0 radical (unpaired) electrons. The van der Waals surface area contributed by atoms with Gasteiger partial charge in [0.05, 0.1) is 24.1 Å². The van der Waals surface area contributed by atoms with Crippen molar-refractivity contribution in [2.45, 2.75) is 19.8 Å². The Hall–Kier alpha value is -2.15. The van der Waals surface area contributed by atoms with E-state index < -0.39 is 5.41 Å². The van der Waals surface area contributed by atoms with E-state index in [9.17, 15) is 14.0 Å². The molecular weight excluding hydrogens is 349 g/mol. The zero-order valence-corrected chi connectivity index (χ0v) is 15.9. The Kier molecular flexibility index (Phi) is 4.58. The van der Waals surface area contributed by atoms with Crippen molar-refractivity contribution in [2.24, 2.45) is 11.3 Å². The minimum atomic E-state index is -0.396. The molecule has 27 heavy (non-hydrogen) atoms. The average molecular weight is 375 g/mol. The van der Waals surface area contributed by atoms with Crippen molar-refractivity contribution in [1.29, 1.82) is 0 Å². The molecule has 1 aromatic rings. The quantitative estimate of drug-likeness (QED) is 0.709. The summed E-state index contributed by atoms with van der Waals surface area (Å²) in [6, 6.07) is 4.58. The van der Waals surface area contributed by atoms with Gasteiger partial charge in [-0.05, 0) is 38.4 Å². The first-order chi connectivity index (χ1) is 12.9. The van der Waals surface area contributed by atoms with E-state index in [4.69, 9.17) is 4.74 Å². The zero-order chi connectivity index (χ0) is 19.2. The molecule has 0 spiro atoms. The molecule has 4 rings (SSSR count). The maximum absolute atomic E-state index is 13.6. The Labute approximate surface area is 158 Å². The second kappa shape index (κ2) is 6.78. The van der Waals surface area contributed by atoms with Crippen LogP contribution in [0.15, 0.2) is 18.2 Å². The van der Waals surface area contributed by atoms with E-state index in [1.54, 1.807) is 13.2 Å². The van der Waals surface area contributed by atoms with Crippen LogP contribution in [0.3, 0.4) is 0 Å². The van der Waals surface area contributed by atoms with Gasteiger partial charge < -0.3 is 9.64 Å². The van der Waals surface area contributed by atoms with Crippen LogP contribution in [-0.4, -0.2) is 68.0 Å². The summed E-state index contributed by atoms with van der Waals surface area (Å²) in [7, 11) is 1.60. The third kappa shape index (κ3) is 3.18. The predicted octanol–water partition coefficient (Wildman–Crippen LogP) is 1.74. The number of fused-ring (bicyclic) bond motifs is 1. The number of anilines is 1. The van der Waals surface area contributed by atoms with Crippen LogP contribution in [0.5, 0.6) is 5.75 Å². The molecule has 2 amide bonds. The Balaban J connectivity index is 1.25. The normalized spacial score (nSPS) is 27.9. The molecule has 3 aliphatic rings. The number of hydrogen-bond acceptors (Lipinski definition) is 5. The highest BCUT2D eigenvalue weighted by Crippen LogP contribution is 2.58. The average Bonchev–Trinajstić information content (AvgIpc) is 3.33. The molecule has 0 N–H and O–H groups in total. The maximum atomic E-state index is 13.6. The van der Waals surface area contributed by atoms with Gasteiger partial charge in [-0.15, -0.1) is 0 Å². The van der Waals surface area contributed by atoms with E-state index in [1.807, 2.05) is 6.92 Å². The molecule has 1 aliphatic carbocycles. The molecule has 2 heterocycles. The van der Waals surface area contributed by atoms with Crippen molar-refractivity contribution < 1.29 is 18.7 Å². The van der Waals surface area contributed by atoms with Crippen LogP contribution in [0.2, 0.25) is 0 Å². The number of hydrogen-bond donors (Lipinski definition) is 0. The fourth-order valence-corrected chi connectivity index (χ4v) is 4.34. The summed E-state index contributed by atoms with van der Waals surface area (Å²) in [4.78, 5) is 30.4. The van der Waals surface area contributed by atoms with Gasteiger partial charge in [-0.25, -0.2) is 4.39 Å². The topological polar surface area (TPSA) is 53.1 Å². The van der Waals surface area contributed by atoms with E-state index in [1.165, 1.54) is 17.0 Å². The van der Waals surface area contributed by atoms with Crippen molar-refractivity contribution in [2.75, 3.05) is 51.3 Å². The molecule has 1 aromatic carbocycles. The standard InChI is InChI=1S/C20H26FN3O3/c1-20-13-15(20)18(25)24(19(20)26)7-3-6-22-8-10-23(11-9-22)16-12-14(21)4-5-17(16)27-2/h4-5,12,15H,3,6-11,13H2,1-2H3. The molecule has 2 saturated heterocycles. The highest BCUT2D eigenvalue weighted by Gasteiger charge is 2.68. The van der Waals surface area contributed by atoms with E-state index in [0.717, 1.165) is 51.3 Å². The summed E-state index contributed by atoms with van der Waals surface area (Å²) in [5.74, 6) is 0.392. The smallest absolute Gasteiger partial charge is 0.235 e. The van der Waals surface area contributed by atoms with E-state index in [0.29, 0.717) is 12.3 Å². The number of carbonyl (C=O) groups excluding carboxylic acids is 2. The van der Waals surface area contributed by atoms with Crippen molar-refractivity contribution in [1.82, 2.24) is 9.80 Å². The lowest BCUT2D eigenvalue weighted by molar-refractivity contribution is -0.142. The van der Waals surface area contributed by atoms with Crippen molar-refractivity contribution >= 4 is 17.5 Å². The van der Waals surface area contributed by atoms with Gasteiger partial charge in [0, 0.05) is 38.8 Å². The van der Waals surface area contributed by atoms with E-state index in [2.05, 4.69) is 9.80 Å². The minimum absolute atomic E-state index is 0.0144. The fraction of sp³-hybridized carbons (Fsp3) is 0.600. The van der Waals surface area contributed by atoms with E-state index in [-0.39, 0.29) is 23.5 Å². The Morgan fingerprint density at radius 1 is 1.19 bits per heavy atom. The molecule has 146 valence electrons. The van der Waals surface area contributed by atoms with Gasteiger partial charge in [-0.2, -0.15) is 0 Å². The third-order valence-corrected chi connectivity index (χ3v) is 6.24. The molecule has 3 fully saturated rings. The van der Waals surface area contributed by atoms with Gasteiger partial charge in [0.15, 0.2) is 0 Å². The summed E-state index contributed by atoms with van der Waals surface area (Å²) in [6.07, 6.45) is 1.52. The molecule has 1 saturated carbocycles. The number of imide groups is 1. The van der Waals surface area contributed by atoms with Gasteiger partial charge in [0.1, 0.15) is 11.6 Å². The molecule has 0 bridgehead atoms. The third-order valence-electron chi connectivity index (χ3n) is 6.24. The Morgan fingerprint density at radius 2 is 1.93 bits per heavy atom. The molecule has 6 nitrogen and oxygen atoms in total. The van der Waals surface area contributed by atoms with E-state index >= 15 is 0 Å². The monoisotopic (exact) mass is 375 g/mol. The highest BCUT2D eigenvalue weighted by molar-refractivity contribution is 6.11. The number of amides is 2. The first-order valence-electron chi connectivity index (χ1n) is 9.60. The van der Waals surface area contributed by atoms with Crippen molar-refractivity contribution in [3.8, 4) is 5.75 Å². The molecular formula is C20H26FN3O3. The number of halogens is 1. The molecule has 2 unspecified atom stereocenters. The van der Waals surface area contributed by atoms with Gasteiger partial charge in [-0.1, -0.05) is 0 Å². The van der Waals surface area contributed by atoms with Gasteiger partial charge in [0.25, 0.3) is 0 Å². The van der Waals surface area contributed by atoms with Crippen LogP contribution >= 0.6 is 0 Å². The Bertz CT molecular complexity index is 763. The van der Waals surface area contributed by atoms with Crippen LogP contribution in [0.25, 0.3) is 0 Å². The maximum Gasteiger partial charge on any atom is 0.235 e. The van der Waals surface area contributed by atoms with Gasteiger partial charge >= 0.3 is 0 Å². The van der Waals surface area contributed by atoms with Crippen molar-refractivity contribution in [3.63, 3.8) is 0 Å². The summed E-state index contributed by atoms with van der Waals surface area (Å²) >= 11 is 0. The fourth-order valence-electron chi connectivity index (χ4n) is 4.34. The summed E-state index contributed by atoms with van der Waals surface area (Å²) < 4.78 is 18.9. The summed E-state index contributed by atoms with van der Waals surface area (Å²) in [5.41, 5.74) is 0.394. The lowest BCUT2D eigenvalue weighted by Gasteiger charge is -2.36. The largest absolute Gasteiger partial charge is 0.495 e. The highest BCUT2D eigenvalue weighted by atomic mass is 19.1. The number of piperidine rings is 1. The number of benzene rings is 1. The summed E-state index contributed by atoms with van der Waals surface area (Å²) in [6.45, 7) is 6.58. The second-order valence-electron chi connectivity index (χ2n) is 7.97. The number of rotatable bonds is 6. The lowest BCUT2D eigenvalue weighted by Crippen LogP contribution is -2.47. The van der Waals surface area contributed by atoms with Crippen LogP contribution in [0, 0.1) is 17.2 Å². The first kappa shape index (κ1) is 18.2. The molecule has 0 aromatic heterocycles. The van der Waals surface area contributed by atoms with Crippen LogP contribution in [-0.2, 0) is 9.59 Å². The van der Waals surface area contributed by atoms with Crippen LogP contribution in [0.1, 0.15) is 19.8 Å². The number of methoxy groups -OCH3 is 1. The molecule has 7 heteroatoms. The van der Waals surface area contributed by atoms with Crippen molar-refractivity contribution in [3.05, 3.63) is 24.0 Å². The first-order valence-corrected chi connectivity index (χ1v) is 9.60. The van der Waals surface area contributed by atoms with Gasteiger partial charge in [-0.3, -0.25) is 19.4 Å². The molecule has 2 atom stereocenters.